The smallest absolute Gasteiger partial charge is 0.250 e. The van der Waals surface area contributed by atoms with Gasteiger partial charge in [-0.05, 0) is 18.2 Å². The molecule has 0 spiro atoms. The Morgan fingerprint density at radius 3 is 2.43 bits per heavy atom. The van der Waals surface area contributed by atoms with Gasteiger partial charge in [0.05, 0.1) is 0 Å². The third-order valence-corrected chi connectivity index (χ3v) is 1.82. The lowest BCUT2D eigenvalue weighted by Crippen LogP contribution is -2.28. The molecule has 2 heteroatoms. The van der Waals surface area contributed by atoms with Gasteiger partial charge in [-0.15, -0.1) is 6.58 Å². The summed E-state index contributed by atoms with van der Waals surface area (Å²) in [5, 5.41) is 0. The molecule has 1 rings (SSSR count). The predicted molar refractivity (Wildman–Crippen MR) is 59.2 cm³/mol. The van der Waals surface area contributed by atoms with Crippen LogP contribution in [-0.4, -0.2) is 12.5 Å². The summed E-state index contributed by atoms with van der Waals surface area (Å²) in [7, 11) is 0. The summed E-state index contributed by atoms with van der Waals surface area (Å²) in [6, 6.07) is 9.45. The minimum atomic E-state index is -0.115. The normalized spacial score (nSPS) is 9.14. The summed E-state index contributed by atoms with van der Waals surface area (Å²) in [4.78, 5) is 13.1. The molecule has 72 valence electrons. The first kappa shape index (κ1) is 10.3. The Morgan fingerprint density at radius 1 is 1.29 bits per heavy atom. The molecule has 0 N–H and O–H groups in total. The van der Waals surface area contributed by atoms with E-state index in [1.54, 1.807) is 11.0 Å². The van der Waals surface area contributed by atoms with E-state index >= 15 is 0 Å². The van der Waals surface area contributed by atoms with Gasteiger partial charge in [0.25, 0.3) is 5.91 Å². The first-order chi connectivity index (χ1) is 6.79. The van der Waals surface area contributed by atoms with Gasteiger partial charge in [0.1, 0.15) is 0 Å². The van der Waals surface area contributed by atoms with Crippen LogP contribution in [0.25, 0.3) is 0 Å². The third-order valence-electron chi connectivity index (χ3n) is 1.82. The molecule has 1 amide bonds. The van der Waals surface area contributed by atoms with Crippen LogP contribution in [0.15, 0.2) is 55.6 Å². The fourth-order valence-corrected chi connectivity index (χ4v) is 1.17. The predicted octanol–water partition coefficient (Wildman–Crippen LogP) is 2.39. The molecule has 0 aliphatic heterocycles. The lowest BCUT2D eigenvalue weighted by molar-refractivity contribution is -0.114. The van der Waals surface area contributed by atoms with E-state index in [1.807, 2.05) is 30.3 Å². The molecular formula is C12H13NO. The molecule has 0 atom stereocenters. The average molecular weight is 187 g/mol. The Labute approximate surface area is 84.2 Å². The monoisotopic (exact) mass is 187 g/mol. The Balaban J connectivity index is 2.93. The van der Waals surface area contributed by atoms with Gasteiger partial charge in [0.2, 0.25) is 0 Å². The Kier molecular flexibility index (Phi) is 3.68. The largest absolute Gasteiger partial charge is 0.305 e. The highest BCUT2D eigenvalue weighted by Crippen LogP contribution is 2.13. The number of para-hydroxylation sites is 1. The van der Waals surface area contributed by atoms with Crippen LogP contribution in [0, 0.1) is 0 Å². The van der Waals surface area contributed by atoms with Gasteiger partial charge in [-0.3, -0.25) is 4.79 Å². The van der Waals surface area contributed by atoms with Crippen LogP contribution in [0.1, 0.15) is 0 Å². The summed E-state index contributed by atoms with van der Waals surface area (Å²) < 4.78 is 0. The molecule has 0 saturated carbocycles. The number of rotatable bonds is 4. The maximum atomic E-state index is 11.5. The SMILES string of the molecule is C=CCN(C(=O)C=C)c1ccccc1. The van der Waals surface area contributed by atoms with E-state index in [0.717, 1.165) is 5.69 Å². The average Bonchev–Trinajstić information content (AvgIpc) is 2.26. The molecule has 1 aromatic rings. The van der Waals surface area contributed by atoms with Gasteiger partial charge >= 0.3 is 0 Å². The fourth-order valence-electron chi connectivity index (χ4n) is 1.17. The minimum absolute atomic E-state index is 0.115. The fraction of sp³-hybridized carbons (Fsp3) is 0.0833. The molecule has 0 radical (unpaired) electrons. The standard InChI is InChI=1S/C12H13NO/c1-3-10-13(12(14)4-2)11-8-6-5-7-9-11/h3-9H,1-2,10H2. The Morgan fingerprint density at radius 2 is 1.93 bits per heavy atom. The van der Waals surface area contributed by atoms with Crippen molar-refractivity contribution in [2.24, 2.45) is 0 Å². The van der Waals surface area contributed by atoms with E-state index in [1.165, 1.54) is 6.08 Å². The molecular weight excluding hydrogens is 174 g/mol. The molecule has 0 fully saturated rings. The summed E-state index contributed by atoms with van der Waals surface area (Å²) in [6.07, 6.45) is 2.99. The van der Waals surface area contributed by atoms with Gasteiger partial charge in [-0.25, -0.2) is 0 Å². The van der Waals surface area contributed by atoms with Gasteiger partial charge in [0, 0.05) is 12.2 Å². The highest BCUT2D eigenvalue weighted by Gasteiger charge is 2.09. The zero-order valence-corrected chi connectivity index (χ0v) is 8.02. The minimum Gasteiger partial charge on any atom is -0.305 e. The van der Waals surface area contributed by atoms with E-state index in [2.05, 4.69) is 13.2 Å². The second-order valence-corrected chi connectivity index (χ2v) is 2.78. The molecule has 0 heterocycles. The highest BCUT2D eigenvalue weighted by molar-refractivity contribution is 6.01. The van der Waals surface area contributed by atoms with Crippen LogP contribution in [-0.2, 0) is 4.79 Å². The van der Waals surface area contributed by atoms with Crippen molar-refractivity contribution >= 4 is 11.6 Å². The number of carbonyl (C=O) groups excluding carboxylic acids is 1. The number of nitrogens with zero attached hydrogens (tertiary/aromatic N) is 1. The topological polar surface area (TPSA) is 20.3 Å². The summed E-state index contributed by atoms with van der Waals surface area (Å²) in [5.74, 6) is -0.115. The highest BCUT2D eigenvalue weighted by atomic mass is 16.2. The van der Waals surface area contributed by atoms with Crippen LogP contribution in [0.5, 0.6) is 0 Å². The number of anilines is 1. The number of hydrogen-bond donors (Lipinski definition) is 0. The zero-order chi connectivity index (χ0) is 10.4. The molecule has 0 unspecified atom stereocenters. The second-order valence-electron chi connectivity index (χ2n) is 2.78. The molecule has 0 aromatic heterocycles. The number of hydrogen-bond acceptors (Lipinski definition) is 1. The molecule has 0 bridgehead atoms. The maximum Gasteiger partial charge on any atom is 0.250 e. The second kappa shape index (κ2) is 5.02. The van der Waals surface area contributed by atoms with E-state index < -0.39 is 0 Å². The van der Waals surface area contributed by atoms with Crippen molar-refractivity contribution in [3.05, 3.63) is 55.6 Å². The number of benzene rings is 1. The molecule has 0 saturated heterocycles. The van der Waals surface area contributed by atoms with Crippen LogP contribution in [0.2, 0.25) is 0 Å². The molecule has 0 aliphatic carbocycles. The number of carbonyl (C=O) groups is 1. The first-order valence-corrected chi connectivity index (χ1v) is 4.39. The summed E-state index contributed by atoms with van der Waals surface area (Å²) >= 11 is 0. The Bertz CT molecular complexity index is 329. The number of amides is 1. The van der Waals surface area contributed by atoms with Gasteiger partial charge in [-0.1, -0.05) is 30.9 Å². The van der Waals surface area contributed by atoms with Crippen LogP contribution in [0.3, 0.4) is 0 Å². The quantitative estimate of drug-likeness (QED) is 0.523. The molecule has 1 aromatic carbocycles. The Hall–Kier alpha value is -1.83. The van der Waals surface area contributed by atoms with Crippen LogP contribution in [0.4, 0.5) is 5.69 Å². The van der Waals surface area contributed by atoms with Crippen molar-refractivity contribution in [3.8, 4) is 0 Å². The van der Waals surface area contributed by atoms with Crippen molar-refractivity contribution < 1.29 is 4.79 Å². The first-order valence-electron chi connectivity index (χ1n) is 4.39. The van der Waals surface area contributed by atoms with Crippen LogP contribution < -0.4 is 4.90 Å². The van der Waals surface area contributed by atoms with Crippen molar-refractivity contribution in [1.29, 1.82) is 0 Å². The zero-order valence-electron chi connectivity index (χ0n) is 8.02. The van der Waals surface area contributed by atoms with Crippen molar-refractivity contribution in [1.82, 2.24) is 0 Å². The van der Waals surface area contributed by atoms with Gasteiger partial charge in [-0.2, -0.15) is 0 Å². The lowest BCUT2D eigenvalue weighted by Gasteiger charge is -2.19. The molecule has 0 aliphatic rings. The summed E-state index contributed by atoms with van der Waals surface area (Å²) in [6.45, 7) is 7.57. The van der Waals surface area contributed by atoms with Crippen molar-refractivity contribution in [2.75, 3.05) is 11.4 Å². The molecule has 14 heavy (non-hydrogen) atoms. The maximum absolute atomic E-state index is 11.5. The van der Waals surface area contributed by atoms with Gasteiger partial charge < -0.3 is 4.90 Å². The van der Waals surface area contributed by atoms with Gasteiger partial charge in [0.15, 0.2) is 0 Å². The molecule has 2 nitrogen and oxygen atoms in total. The summed E-state index contributed by atoms with van der Waals surface area (Å²) in [5.41, 5.74) is 0.859. The van der Waals surface area contributed by atoms with Crippen LogP contribution >= 0.6 is 0 Å². The van der Waals surface area contributed by atoms with E-state index in [0.29, 0.717) is 6.54 Å². The lowest BCUT2D eigenvalue weighted by atomic mass is 10.3. The third kappa shape index (κ3) is 2.33. The van der Waals surface area contributed by atoms with E-state index in [4.69, 9.17) is 0 Å². The van der Waals surface area contributed by atoms with E-state index in [-0.39, 0.29) is 5.91 Å². The van der Waals surface area contributed by atoms with Crippen molar-refractivity contribution in [3.63, 3.8) is 0 Å². The van der Waals surface area contributed by atoms with Crippen molar-refractivity contribution in [2.45, 2.75) is 0 Å². The van der Waals surface area contributed by atoms with E-state index in [9.17, 15) is 4.79 Å².